The Bertz CT molecular complexity index is 367. The summed E-state index contributed by atoms with van der Waals surface area (Å²) in [5.41, 5.74) is 5.97. The number of rotatable bonds is 2. The summed E-state index contributed by atoms with van der Waals surface area (Å²) in [5.74, 6) is 3.02. The minimum absolute atomic E-state index is 0.700. The third kappa shape index (κ3) is 3.15. The molecule has 1 aliphatic heterocycles. The molecule has 0 saturated carbocycles. The van der Waals surface area contributed by atoms with Crippen LogP contribution in [0.2, 0.25) is 0 Å². The van der Waals surface area contributed by atoms with Crippen LogP contribution in [-0.2, 0) is 6.54 Å². The van der Waals surface area contributed by atoms with Gasteiger partial charge in [0.1, 0.15) is 0 Å². The zero-order chi connectivity index (χ0) is 11.4. The van der Waals surface area contributed by atoms with Crippen molar-refractivity contribution in [1.82, 2.24) is 4.90 Å². The van der Waals surface area contributed by atoms with Crippen LogP contribution in [0.1, 0.15) is 9.75 Å². The lowest BCUT2D eigenvalue weighted by Gasteiger charge is -2.27. The third-order valence-corrected chi connectivity index (χ3v) is 4.46. The van der Waals surface area contributed by atoms with Gasteiger partial charge >= 0.3 is 0 Å². The summed E-state index contributed by atoms with van der Waals surface area (Å²) in [6.07, 6.45) is 0. The zero-order valence-electron chi connectivity index (χ0n) is 9.48. The number of aryl methyl sites for hydroxylation is 1. The van der Waals surface area contributed by atoms with Crippen LogP contribution in [0.25, 0.3) is 0 Å². The molecule has 0 radical (unpaired) electrons. The van der Waals surface area contributed by atoms with Crippen LogP contribution in [-0.4, -0.2) is 35.5 Å². The van der Waals surface area contributed by atoms with E-state index in [1.807, 2.05) is 11.8 Å². The number of aliphatic imine (C=N–C) groups is 1. The quantitative estimate of drug-likeness (QED) is 0.648. The van der Waals surface area contributed by atoms with Gasteiger partial charge in [-0.1, -0.05) is 0 Å². The van der Waals surface area contributed by atoms with Crippen molar-refractivity contribution in [3.63, 3.8) is 0 Å². The van der Waals surface area contributed by atoms with Crippen LogP contribution in [0, 0.1) is 6.92 Å². The highest BCUT2D eigenvalue weighted by atomic mass is 32.2. The van der Waals surface area contributed by atoms with E-state index in [-0.39, 0.29) is 0 Å². The number of nitrogens with zero attached hydrogens (tertiary/aromatic N) is 2. The Balaban J connectivity index is 1.90. The summed E-state index contributed by atoms with van der Waals surface area (Å²) < 4.78 is 0. The molecule has 0 aromatic carbocycles. The summed E-state index contributed by atoms with van der Waals surface area (Å²) in [5, 5.41) is 0. The fraction of sp³-hybridized carbons (Fsp3) is 0.545. The smallest absolute Gasteiger partial charge is 0.191 e. The normalized spacial score (nSPS) is 17.8. The molecule has 5 heteroatoms. The van der Waals surface area contributed by atoms with Crippen molar-refractivity contribution < 1.29 is 0 Å². The Kier molecular flexibility index (Phi) is 4.12. The highest BCUT2D eigenvalue weighted by molar-refractivity contribution is 7.99. The van der Waals surface area contributed by atoms with E-state index in [0.29, 0.717) is 12.5 Å². The van der Waals surface area contributed by atoms with E-state index in [0.717, 1.165) is 24.6 Å². The minimum atomic E-state index is 0.700. The fourth-order valence-electron chi connectivity index (χ4n) is 1.62. The standard InChI is InChI=1S/C11H17N3S2/c1-9-2-3-10(16-9)8-13-11(12)14-4-6-15-7-5-14/h2-3H,4-8H2,1H3,(H2,12,13). The zero-order valence-corrected chi connectivity index (χ0v) is 11.1. The molecule has 2 rings (SSSR count). The SMILES string of the molecule is Cc1ccc(CN=C(N)N2CCSCC2)s1. The van der Waals surface area contributed by atoms with Crippen molar-refractivity contribution in [2.45, 2.75) is 13.5 Å². The molecule has 0 spiro atoms. The molecule has 1 aliphatic rings. The summed E-state index contributed by atoms with van der Waals surface area (Å²) >= 11 is 3.77. The summed E-state index contributed by atoms with van der Waals surface area (Å²) in [6.45, 7) is 4.89. The van der Waals surface area contributed by atoms with Crippen LogP contribution in [0.5, 0.6) is 0 Å². The molecule has 1 fully saturated rings. The van der Waals surface area contributed by atoms with Crippen LogP contribution < -0.4 is 5.73 Å². The number of hydrogen-bond donors (Lipinski definition) is 1. The molecule has 1 aromatic rings. The van der Waals surface area contributed by atoms with Crippen LogP contribution >= 0.6 is 23.1 Å². The summed E-state index contributed by atoms with van der Waals surface area (Å²) in [4.78, 5) is 9.25. The number of thioether (sulfide) groups is 1. The second-order valence-corrected chi connectivity index (χ2v) is 6.38. The molecule has 0 atom stereocenters. The maximum atomic E-state index is 5.97. The number of thiophene rings is 1. The first-order valence-electron chi connectivity index (χ1n) is 5.43. The summed E-state index contributed by atoms with van der Waals surface area (Å²) in [7, 11) is 0. The maximum Gasteiger partial charge on any atom is 0.191 e. The molecule has 88 valence electrons. The second kappa shape index (κ2) is 5.59. The number of guanidine groups is 1. The lowest BCUT2D eigenvalue weighted by atomic mass is 10.4. The van der Waals surface area contributed by atoms with Crippen LogP contribution in [0.4, 0.5) is 0 Å². The Hall–Kier alpha value is -0.680. The molecular formula is C11H17N3S2. The van der Waals surface area contributed by atoms with Gasteiger partial charge in [0.2, 0.25) is 0 Å². The summed E-state index contributed by atoms with van der Waals surface area (Å²) in [6, 6.07) is 4.26. The van der Waals surface area contributed by atoms with E-state index < -0.39 is 0 Å². The van der Waals surface area contributed by atoms with Gasteiger partial charge in [0.05, 0.1) is 6.54 Å². The molecule has 0 amide bonds. The molecule has 0 bridgehead atoms. The highest BCUT2D eigenvalue weighted by Crippen LogP contribution is 2.16. The van der Waals surface area contributed by atoms with Crippen molar-refractivity contribution in [2.75, 3.05) is 24.6 Å². The van der Waals surface area contributed by atoms with Gasteiger partial charge in [-0.3, -0.25) is 0 Å². The largest absolute Gasteiger partial charge is 0.370 e. The van der Waals surface area contributed by atoms with Crippen molar-refractivity contribution in [1.29, 1.82) is 0 Å². The molecular weight excluding hydrogens is 238 g/mol. The topological polar surface area (TPSA) is 41.6 Å². The first-order chi connectivity index (χ1) is 7.75. The van der Waals surface area contributed by atoms with E-state index in [2.05, 4.69) is 28.9 Å². The number of nitrogens with two attached hydrogens (primary N) is 1. The fourth-order valence-corrected chi connectivity index (χ4v) is 3.34. The predicted molar refractivity (Wildman–Crippen MR) is 73.3 cm³/mol. The van der Waals surface area contributed by atoms with Crippen molar-refractivity contribution in [3.8, 4) is 0 Å². The lowest BCUT2D eigenvalue weighted by molar-refractivity contribution is 0.456. The predicted octanol–water partition coefficient (Wildman–Crippen LogP) is 1.92. The molecule has 0 unspecified atom stereocenters. The third-order valence-electron chi connectivity index (χ3n) is 2.53. The van der Waals surface area contributed by atoms with Gasteiger partial charge in [0.15, 0.2) is 5.96 Å². The van der Waals surface area contributed by atoms with E-state index in [1.54, 1.807) is 11.3 Å². The molecule has 1 saturated heterocycles. The first kappa shape index (κ1) is 11.8. The Morgan fingerprint density at radius 3 is 2.81 bits per heavy atom. The van der Waals surface area contributed by atoms with Gasteiger partial charge < -0.3 is 10.6 Å². The average Bonchev–Trinajstić information content (AvgIpc) is 2.73. The second-order valence-electron chi connectivity index (χ2n) is 3.79. The molecule has 16 heavy (non-hydrogen) atoms. The molecule has 0 aliphatic carbocycles. The van der Waals surface area contributed by atoms with Gasteiger partial charge in [0.25, 0.3) is 0 Å². The lowest BCUT2D eigenvalue weighted by Crippen LogP contribution is -2.42. The maximum absolute atomic E-state index is 5.97. The molecule has 3 nitrogen and oxygen atoms in total. The van der Waals surface area contributed by atoms with Gasteiger partial charge in [-0.25, -0.2) is 4.99 Å². The van der Waals surface area contributed by atoms with Crippen molar-refractivity contribution >= 4 is 29.1 Å². The first-order valence-corrected chi connectivity index (χ1v) is 7.41. The average molecular weight is 255 g/mol. The van der Waals surface area contributed by atoms with E-state index in [4.69, 9.17) is 5.73 Å². The highest BCUT2D eigenvalue weighted by Gasteiger charge is 2.11. The van der Waals surface area contributed by atoms with E-state index >= 15 is 0 Å². The molecule has 2 heterocycles. The Labute approximate surface area is 105 Å². The molecule has 2 N–H and O–H groups in total. The van der Waals surface area contributed by atoms with Crippen molar-refractivity contribution in [2.24, 2.45) is 10.7 Å². The Morgan fingerprint density at radius 2 is 2.19 bits per heavy atom. The van der Waals surface area contributed by atoms with E-state index in [9.17, 15) is 0 Å². The van der Waals surface area contributed by atoms with E-state index in [1.165, 1.54) is 9.75 Å². The van der Waals surface area contributed by atoms with Gasteiger partial charge in [-0.15, -0.1) is 11.3 Å². The minimum Gasteiger partial charge on any atom is -0.370 e. The van der Waals surface area contributed by atoms with Gasteiger partial charge in [-0.2, -0.15) is 11.8 Å². The van der Waals surface area contributed by atoms with Crippen LogP contribution in [0.15, 0.2) is 17.1 Å². The Morgan fingerprint density at radius 1 is 1.44 bits per heavy atom. The van der Waals surface area contributed by atoms with Crippen molar-refractivity contribution in [3.05, 3.63) is 21.9 Å². The van der Waals surface area contributed by atoms with Crippen LogP contribution in [0.3, 0.4) is 0 Å². The number of hydrogen-bond acceptors (Lipinski definition) is 3. The van der Waals surface area contributed by atoms with Gasteiger partial charge in [0, 0.05) is 34.3 Å². The monoisotopic (exact) mass is 255 g/mol. The molecule has 1 aromatic heterocycles. The van der Waals surface area contributed by atoms with Gasteiger partial charge in [-0.05, 0) is 19.1 Å².